The van der Waals surface area contributed by atoms with Crippen LogP contribution < -0.4 is 10.1 Å². The molecule has 1 aromatic carbocycles. The molecule has 0 aliphatic carbocycles. The van der Waals surface area contributed by atoms with E-state index in [4.69, 9.17) is 11.6 Å². The number of alkyl halides is 2. The first kappa shape index (κ1) is 20.4. The van der Waals surface area contributed by atoms with E-state index in [1.807, 2.05) is 6.07 Å². The van der Waals surface area contributed by atoms with E-state index in [9.17, 15) is 18.4 Å². The smallest absolute Gasteiger partial charge is 0.387 e. The van der Waals surface area contributed by atoms with Crippen LogP contribution in [0.1, 0.15) is 11.4 Å². The summed E-state index contributed by atoms with van der Waals surface area (Å²) in [5.41, 5.74) is 1.56. The molecule has 0 saturated heterocycles. The number of ether oxygens (including phenoxy) is 1. The minimum atomic E-state index is -3.14. The van der Waals surface area contributed by atoms with Gasteiger partial charge in [-0.05, 0) is 37.3 Å². The summed E-state index contributed by atoms with van der Waals surface area (Å²) >= 11 is 6.06. The van der Waals surface area contributed by atoms with Crippen molar-refractivity contribution >= 4 is 34.3 Å². The molecule has 11 heteroatoms. The molecule has 0 bridgehead atoms. The van der Waals surface area contributed by atoms with Crippen molar-refractivity contribution in [1.82, 2.24) is 19.5 Å². The van der Waals surface area contributed by atoms with Gasteiger partial charge in [-0.2, -0.15) is 14.0 Å². The third-order valence-corrected chi connectivity index (χ3v) is 4.44. The Morgan fingerprint density at radius 2 is 2.00 bits per heavy atom. The van der Waals surface area contributed by atoms with Crippen molar-refractivity contribution in [2.75, 3.05) is 5.32 Å². The molecule has 0 fully saturated rings. The van der Waals surface area contributed by atoms with Gasteiger partial charge in [0.05, 0.1) is 22.2 Å². The van der Waals surface area contributed by atoms with E-state index in [-0.39, 0.29) is 17.1 Å². The second-order valence-corrected chi connectivity index (χ2v) is 6.79. The third-order valence-electron chi connectivity index (χ3n) is 4.24. The van der Waals surface area contributed by atoms with Gasteiger partial charge in [0.25, 0.3) is 0 Å². The first-order chi connectivity index (χ1) is 14.8. The number of nitriles is 1. The molecule has 0 amide bonds. The molecule has 0 unspecified atom stereocenters. The van der Waals surface area contributed by atoms with Crippen LogP contribution in [-0.2, 0) is 0 Å². The van der Waals surface area contributed by atoms with Gasteiger partial charge in [-0.25, -0.2) is 19.3 Å². The lowest BCUT2D eigenvalue weighted by atomic mass is 10.2. The summed E-state index contributed by atoms with van der Waals surface area (Å²) in [5, 5.41) is 12.7. The Bertz CT molecular complexity index is 1330. The maximum Gasteiger partial charge on any atom is 0.387 e. The predicted molar refractivity (Wildman–Crippen MR) is 107 cm³/mol. The number of imidazole rings is 1. The highest BCUT2D eigenvalue weighted by atomic mass is 35.5. The molecule has 3 heterocycles. The van der Waals surface area contributed by atoms with E-state index in [2.05, 4.69) is 25.0 Å². The van der Waals surface area contributed by atoms with Gasteiger partial charge < -0.3 is 10.1 Å². The van der Waals surface area contributed by atoms with Crippen LogP contribution in [0.25, 0.3) is 17.0 Å². The number of aromatic nitrogens is 4. The molecule has 0 radical (unpaired) electrons. The first-order valence-electron chi connectivity index (χ1n) is 8.78. The number of rotatable bonds is 5. The lowest BCUT2D eigenvalue weighted by Gasteiger charge is -2.12. The fourth-order valence-corrected chi connectivity index (χ4v) is 3.17. The van der Waals surface area contributed by atoms with Crippen molar-refractivity contribution in [2.45, 2.75) is 13.5 Å². The Labute approximate surface area is 178 Å². The standard InChI is InChI=1S/C20H12ClF3N6O/c1-10-27-19-15(6-12(21)9-26-19)30(10)18-5-11(8-25)4-17(29-18)28-13-2-3-16(14(22)7-13)31-20(23)24/h2-7,9,20H,1H3,(H,28,29). The third kappa shape index (κ3) is 4.22. The molecule has 0 saturated carbocycles. The van der Waals surface area contributed by atoms with Crippen LogP contribution >= 0.6 is 11.6 Å². The molecule has 4 aromatic rings. The summed E-state index contributed by atoms with van der Waals surface area (Å²) < 4.78 is 44.4. The summed E-state index contributed by atoms with van der Waals surface area (Å²) in [6.07, 6.45) is 1.47. The van der Waals surface area contributed by atoms with Gasteiger partial charge >= 0.3 is 6.61 Å². The number of fused-ring (bicyclic) bond motifs is 1. The van der Waals surface area contributed by atoms with Gasteiger partial charge in [0.15, 0.2) is 17.2 Å². The normalized spacial score (nSPS) is 11.0. The predicted octanol–water partition coefficient (Wildman–Crippen LogP) is 5.13. The largest absolute Gasteiger partial charge is 0.432 e. The minimum absolute atomic E-state index is 0.226. The Balaban J connectivity index is 1.75. The van der Waals surface area contributed by atoms with E-state index in [0.717, 1.165) is 12.1 Å². The molecular weight excluding hydrogens is 433 g/mol. The first-order valence-corrected chi connectivity index (χ1v) is 9.16. The Morgan fingerprint density at radius 3 is 2.71 bits per heavy atom. The number of nitrogens with zero attached hydrogens (tertiary/aromatic N) is 5. The zero-order valence-corrected chi connectivity index (χ0v) is 16.5. The van der Waals surface area contributed by atoms with Gasteiger partial charge in [0, 0.05) is 18.0 Å². The second kappa shape index (κ2) is 8.12. The van der Waals surface area contributed by atoms with E-state index in [0.29, 0.717) is 27.8 Å². The number of anilines is 2. The van der Waals surface area contributed by atoms with Crippen LogP contribution in [0.5, 0.6) is 5.75 Å². The number of pyridine rings is 2. The average Bonchev–Trinajstić information content (AvgIpc) is 3.04. The molecule has 31 heavy (non-hydrogen) atoms. The van der Waals surface area contributed by atoms with Gasteiger partial charge in [-0.3, -0.25) is 4.57 Å². The van der Waals surface area contributed by atoms with Gasteiger partial charge in [0.2, 0.25) is 0 Å². The number of halogens is 4. The minimum Gasteiger partial charge on any atom is -0.432 e. The summed E-state index contributed by atoms with van der Waals surface area (Å²) in [6.45, 7) is -1.39. The Hall–Kier alpha value is -3.84. The molecule has 4 rings (SSSR count). The molecule has 0 aliphatic rings. The van der Waals surface area contributed by atoms with Gasteiger partial charge in [0.1, 0.15) is 17.5 Å². The van der Waals surface area contributed by atoms with Crippen LogP contribution in [0.15, 0.2) is 42.6 Å². The number of hydrogen-bond acceptors (Lipinski definition) is 6. The summed E-state index contributed by atoms with van der Waals surface area (Å²) in [7, 11) is 0. The van der Waals surface area contributed by atoms with E-state index in [1.54, 1.807) is 23.6 Å². The van der Waals surface area contributed by atoms with Crippen molar-refractivity contribution in [1.29, 1.82) is 5.26 Å². The quantitative estimate of drug-likeness (QED) is 0.459. The van der Waals surface area contributed by atoms with Crippen molar-refractivity contribution in [3.8, 4) is 17.6 Å². The number of benzene rings is 1. The lowest BCUT2D eigenvalue weighted by Crippen LogP contribution is -2.05. The number of aryl methyl sites for hydroxylation is 1. The molecule has 1 N–H and O–H groups in total. The van der Waals surface area contributed by atoms with Crippen LogP contribution in [0.3, 0.4) is 0 Å². The molecule has 0 aliphatic heterocycles. The van der Waals surface area contributed by atoms with E-state index in [1.165, 1.54) is 18.3 Å². The highest BCUT2D eigenvalue weighted by Gasteiger charge is 2.15. The summed E-state index contributed by atoms with van der Waals surface area (Å²) in [6, 6.07) is 10.1. The van der Waals surface area contributed by atoms with Crippen LogP contribution in [0.2, 0.25) is 5.02 Å². The molecule has 156 valence electrons. The number of hydrogen-bond donors (Lipinski definition) is 1. The van der Waals surface area contributed by atoms with E-state index < -0.39 is 18.2 Å². The van der Waals surface area contributed by atoms with Crippen molar-refractivity contribution in [2.24, 2.45) is 0 Å². The van der Waals surface area contributed by atoms with Crippen molar-refractivity contribution < 1.29 is 17.9 Å². The van der Waals surface area contributed by atoms with E-state index >= 15 is 0 Å². The lowest BCUT2D eigenvalue weighted by molar-refractivity contribution is -0.0521. The maximum atomic E-state index is 14.0. The highest BCUT2D eigenvalue weighted by molar-refractivity contribution is 6.31. The molecular formula is C20H12ClF3N6O. The molecule has 7 nitrogen and oxygen atoms in total. The zero-order valence-electron chi connectivity index (χ0n) is 15.8. The summed E-state index contributed by atoms with van der Waals surface area (Å²) in [4.78, 5) is 13.0. The van der Waals surface area contributed by atoms with Crippen molar-refractivity contribution in [3.05, 3.63) is 64.8 Å². The maximum absolute atomic E-state index is 14.0. The number of nitrogens with one attached hydrogen (secondary N) is 1. The summed E-state index contributed by atoms with van der Waals surface area (Å²) in [5.74, 6) is -0.391. The monoisotopic (exact) mass is 444 g/mol. The van der Waals surface area contributed by atoms with Crippen LogP contribution in [-0.4, -0.2) is 26.1 Å². The topological polar surface area (TPSA) is 88.7 Å². The molecule has 0 spiro atoms. The SMILES string of the molecule is Cc1nc2ncc(Cl)cc2n1-c1cc(C#N)cc(Nc2ccc(OC(F)F)c(F)c2)n1. The highest BCUT2D eigenvalue weighted by Crippen LogP contribution is 2.27. The van der Waals surface area contributed by atoms with Gasteiger partial charge in [-0.15, -0.1) is 0 Å². The van der Waals surface area contributed by atoms with Crippen LogP contribution in [0, 0.1) is 24.1 Å². The molecule has 0 atom stereocenters. The fraction of sp³-hybridized carbons (Fsp3) is 0.100. The van der Waals surface area contributed by atoms with Crippen molar-refractivity contribution in [3.63, 3.8) is 0 Å². The zero-order chi connectivity index (χ0) is 22.1. The second-order valence-electron chi connectivity index (χ2n) is 6.35. The fourth-order valence-electron chi connectivity index (χ4n) is 3.02. The average molecular weight is 445 g/mol. The Kier molecular flexibility index (Phi) is 5.35. The molecule has 3 aromatic heterocycles. The van der Waals surface area contributed by atoms with Gasteiger partial charge in [-0.1, -0.05) is 11.6 Å². The Morgan fingerprint density at radius 1 is 1.19 bits per heavy atom. The van der Waals surface area contributed by atoms with Crippen LogP contribution in [0.4, 0.5) is 24.7 Å².